The summed E-state index contributed by atoms with van der Waals surface area (Å²) >= 11 is 1.87. The average Bonchev–Trinajstić information content (AvgIpc) is 3.81. The van der Waals surface area contributed by atoms with Gasteiger partial charge in [0, 0.05) is 43.9 Å². The summed E-state index contributed by atoms with van der Waals surface area (Å²) in [5.41, 5.74) is -5.23. The van der Waals surface area contributed by atoms with Crippen LogP contribution in [0, 0.1) is 0 Å². The van der Waals surface area contributed by atoms with E-state index >= 15 is 0 Å². The van der Waals surface area contributed by atoms with Crippen LogP contribution in [0.25, 0.3) is 0 Å². The van der Waals surface area contributed by atoms with Gasteiger partial charge in [0.1, 0.15) is 0 Å². The monoisotopic (exact) mass is 984 g/mol. The number of likely N-dealkylation sites (tertiary alicyclic amines) is 3. The predicted octanol–water partition coefficient (Wildman–Crippen LogP) is 9.72. The smallest absolute Gasteiger partial charge is 0.377 e. The van der Waals surface area contributed by atoms with Crippen LogP contribution in [0.1, 0.15) is 58.1 Å². The molecule has 0 bridgehead atoms. The van der Waals surface area contributed by atoms with Crippen LogP contribution >= 0.6 is 22.6 Å². The van der Waals surface area contributed by atoms with Gasteiger partial charge in [0.15, 0.2) is 0 Å². The molecule has 0 radical (unpaired) electrons. The van der Waals surface area contributed by atoms with Crippen molar-refractivity contribution < 1.29 is 79.8 Å². The van der Waals surface area contributed by atoms with Crippen LogP contribution in [0.3, 0.4) is 0 Å². The first-order valence-corrected chi connectivity index (χ1v) is 18.5. The second-order valence-corrected chi connectivity index (χ2v) is 14.8. The van der Waals surface area contributed by atoms with E-state index < -0.39 is 96.8 Å². The minimum absolute atomic E-state index is 0.0810. The molecule has 59 heavy (non-hydrogen) atoms. The summed E-state index contributed by atoms with van der Waals surface area (Å²) in [6, 6.07) is 3.28. The Morgan fingerprint density at radius 1 is 0.610 bits per heavy atom. The fraction of sp³-hybridized carbons (Fsp3) is 0.500. The minimum Gasteiger partial charge on any atom is -0.377 e. The first kappa shape index (κ1) is 47.9. The van der Waals surface area contributed by atoms with Crippen molar-refractivity contribution in [1.29, 1.82) is 0 Å². The summed E-state index contributed by atoms with van der Waals surface area (Å²) in [5.74, 6) is -7.42. The molecule has 0 aromatic heterocycles. The fourth-order valence-electron chi connectivity index (χ4n) is 6.33. The molecule has 4 heterocycles. The van der Waals surface area contributed by atoms with Gasteiger partial charge in [-0.15, -0.1) is 0 Å². The Hall–Kier alpha value is -3.77. The van der Waals surface area contributed by atoms with Gasteiger partial charge in [0.25, 0.3) is 11.8 Å². The predicted molar refractivity (Wildman–Crippen MR) is 187 cm³/mol. The van der Waals surface area contributed by atoms with Crippen LogP contribution in [0.2, 0.25) is 0 Å². The van der Waals surface area contributed by atoms with E-state index in [0.29, 0.717) is 44.6 Å². The van der Waals surface area contributed by atoms with E-state index in [0.717, 1.165) is 28.0 Å². The second kappa shape index (κ2) is 18.1. The highest BCUT2D eigenvalue weighted by Gasteiger charge is 2.46. The number of carbonyl (C=O) groups is 2. The number of hydrogen-bond donors (Lipinski definition) is 1. The molecule has 2 amide bonds. The molecular weight excluding hydrogens is 951 g/mol. The van der Waals surface area contributed by atoms with Gasteiger partial charge < -0.3 is 20.0 Å². The topological polar surface area (TPSA) is 55.9 Å². The molecule has 4 saturated heterocycles. The number of benzene rings is 2. The number of carbonyl (C=O) groups excluding carboxylic acids is 2. The standard InChI is InChI=1S/C18H16F8N2O.C12H11F6N.C6H6F2INO/c19-16(20)9-28(10-16)15(29)2-4-27-3-1-11(8-27)12-5-13(17(21,22)23)7-14(6-12)18(24,25)26;13-11(14,15)9-3-8(7-1-2-19-6-7)4-10(5-9)12(16,17)18;7-6(8)3-10(4-6)5(11)1-2-9/h2,4-7,11H,1,3,8-10H2;3-5,7,19H,1-2,6H2;1-2H,3-4H2/b4-2-;;2-1-. The van der Waals surface area contributed by atoms with Gasteiger partial charge in [-0.1, -0.05) is 22.6 Å². The molecule has 0 spiro atoms. The number of alkyl halides is 16. The maximum absolute atomic E-state index is 13.0. The van der Waals surface area contributed by atoms with Crippen molar-refractivity contribution >= 4 is 34.4 Å². The molecule has 23 heteroatoms. The highest BCUT2D eigenvalue weighted by molar-refractivity contribution is 14.1. The number of nitrogens with one attached hydrogen (secondary N) is 1. The number of halogens is 17. The van der Waals surface area contributed by atoms with Crippen LogP contribution in [0.15, 0.2) is 58.8 Å². The lowest BCUT2D eigenvalue weighted by Crippen LogP contribution is -2.58. The second-order valence-electron chi connectivity index (χ2n) is 14.1. The van der Waals surface area contributed by atoms with Gasteiger partial charge in [0.2, 0.25) is 11.8 Å². The van der Waals surface area contributed by atoms with Crippen molar-refractivity contribution in [2.45, 2.75) is 61.2 Å². The van der Waals surface area contributed by atoms with Crippen LogP contribution in [0.4, 0.5) is 70.2 Å². The van der Waals surface area contributed by atoms with E-state index in [9.17, 15) is 79.8 Å². The normalized spacial score (nSPS) is 21.7. The van der Waals surface area contributed by atoms with Crippen LogP contribution in [0.5, 0.6) is 0 Å². The molecule has 6 rings (SSSR count). The third-order valence-corrected chi connectivity index (χ3v) is 9.75. The maximum atomic E-state index is 13.0. The summed E-state index contributed by atoms with van der Waals surface area (Å²) < 4.78 is 205. The molecule has 328 valence electrons. The lowest BCUT2D eigenvalue weighted by molar-refractivity contribution is -0.161. The van der Waals surface area contributed by atoms with Gasteiger partial charge >= 0.3 is 24.7 Å². The highest BCUT2D eigenvalue weighted by atomic mass is 127. The van der Waals surface area contributed by atoms with E-state index in [4.69, 9.17) is 0 Å². The molecule has 0 aliphatic carbocycles. The number of amides is 2. The first-order chi connectivity index (χ1) is 27.0. The molecule has 4 aliphatic heterocycles. The Bertz CT molecular complexity index is 1790. The summed E-state index contributed by atoms with van der Waals surface area (Å²) in [6.45, 7) is -0.812. The third kappa shape index (κ3) is 13.6. The molecule has 2 atom stereocenters. The SMILES string of the molecule is FC(F)(F)c1cc(C2CCNC2)cc(C(F)(F)F)c1.O=C(/C=C\I)N1CC(F)(F)C1.O=C(/C=C\N1CCC(c2cc(C(F)(F)F)cc(C(F)(F)F)c2)C1)N1CC(F)(F)C1. The zero-order valence-corrected chi connectivity index (χ0v) is 32.2. The van der Waals surface area contributed by atoms with Gasteiger partial charge in [-0.3, -0.25) is 9.59 Å². The number of nitrogens with zero attached hydrogens (tertiary/aromatic N) is 3. The van der Waals surface area contributed by atoms with E-state index in [1.54, 1.807) is 4.90 Å². The molecule has 2 unspecified atom stereocenters. The van der Waals surface area contributed by atoms with Crippen molar-refractivity contribution in [3.63, 3.8) is 0 Å². The molecule has 6 nitrogen and oxygen atoms in total. The number of hydrogen-bond acceptors (Lipinski definition) is 4. The molecular formula is C36H33F16IN4O2. The Morgan fingerprint density at radius 3 is 1.34 bits per heavy atom. The third-order valence-electron chi connectivity index (χ3n) is 9.39. The largest absolute Gasteiger partial charge is 0.416 e. The molecule has 4 fully saturated rings. The maximum Gasteiger partial charge on any atom is 0.416 e. The zero-order chi connectivity index (χ0) is 44.4. The minimum atomic E-state index is -4.92. The van der Waals surface area contributed by atoms with Crippen LogP contribution < -0.4 is 5.32 Å². The first-order valence-electron chi connectivity index (χ1n) is 17.3. The van der Waals surface area contributed by atoms with Crippen molar-refractivity contribution in [3.05, 3.63) is 92.2 Å². The molecule has 2 aromatic rings. The summed E-state index contributed by atoms with van der Waals surface area (Å²) in [6.07, 6.45) is -14.9. The van der Waals surface area contributed by atoms with Gasteiger partial charge in [-0.25, -0.2) is 17.6 Å². The molecule has 1 N–H and O–H groups in total. The van der Waals surface area contributed by atoms with E-state index in [1.165, 1.54) is 16.4 Å². The lowest BCUT2D eigenvalue weighted by Gasteiger charge is -2.38. The van der Waals surface area contributed by atoms with E-state index in [-0.39, 0.29) is 41.6 Å². The Balaban J connectivity index is 0.000000219. The van der Waals surface area contributed by atoms with E-state index in [2.05, 4.69) is 5.32 Å². The van der Waals surface area contributed by atoms with Crippen LogP contribution in [-0.2, 0) is 34.3 Å². The molecule has 4 aliphatic rings. The van der Waals surface area contributed by atoms with Crippen molar-refractivity contribution in [2.24, 2.45) is 0 Å². The Kier molecular flexibility index (Phi) is 14.7. The zero-order valence-electron chi connectivity index (χ0n) is 30.1. The van der Waals surface area contributed by atoms with Gasteiger partial charge in [-0.05, 0) is 76.9 Å². The summed E-state index contributed by atoms with van der Waals surface area (Å²) in [5, 5.41) is 2.92. The quantitative estimate of drug-likeness (QED) is 0.184. The Labute approximate surface area is 339 Å². The summed E-state index contributed by atoms with van der Waals surface area (Å²) in [4.78, 5) is 26.2. The van der Waals surface area contributed by atoms with Crippen LogP contribution in [-0.4, -0.2) is 90.7 Å². The van der Waals surface area contributed by atoms with Gasteiger partial charge in [-0.2, -0.15) is 52.7 Å². The van der Waals surface area contributed by atoms with Crippen molar-refractivity contribution in [2.75, 3.05) is 52.4 Å². The van der Waals surface area contributed by atoms with E-state index in [1.807, 2.05) is 22.6 Å². The molecule has 0 saturated carbocycles. The van der Waals surface area contributed by atoms with Crippen molar-refractivity contribution in [3.8, 4) is 0 Å². The average molecular weight is 985 g/mol. The molecule has 2 aromatic carbocycles. The lowest BCUT2D eigenvalue weighted by atomic mass is 9.94. The highest BCUT2D eigenvalue weighted by Crippen LogP contribution is 2.41. The van der Waals surface area contributed by atoms with Crippen molar-refractivity contribution in [1.82, 2.24) is 20.0 Å². The summed E-state index contributed by atoms with van der Waals surface area (Å²) in [7, 11) is 0. The Morgan fingerprint density at radius 2 is 1.00 bits per heavy atom. The van der Waals surface area contributed by atoms with Gasteiger partial charge in [0.05, 0.1) is 48.4 Å². The fourth-order valence-corrected chi connectivity index (χ4v) is 6.64. The number of rotatable bonds is 5.